The fraction of sp³-hybridized carbons (Fsp3) is 0.231. The van der Waals surface area contributed by atoms with Crippen LogP contribution in [0.5, 0.6) is 0 Å². The van der Waals surface area contributed by atoms with Gasteiger partial charge in [-0.1, -0.05) is 36.0 Å². The van der Waals surface area contributed by atoms with Gasteiger partial charge in [0.05, 0.1) is 0 Å². The summed E-state index contributed by atoms with van der Waals surface area (Å²) in [6, 6.07) is 10.2. The number of nitrogens with zero attached hydrogens (tertiary/aromatic N) is 1. The van der Waals surface area contributed by atoms with Crippen molar-refractivity contribution >= 4 is 27.6 Å². The highest BCUT2D eigenvalue weighted by atomic mass is 32.2. The van der Waals surface area contributed by atoms with Crippen LogP contribution in [0.1, 0.15) is 12.6 Å². The van der Waals surface area contributed by atoms with Gasteiger partial charge < -0.3 is 0 Å². The van der Waals surface area contributed by atoms with Crippen molar-refractivity contribution < 1.29 is 4.79 Å². The third-order valence-corrected chi connectivity index (χ3v) is 3.22. The number of thioether (sulfide) groups is 1. The lowest BCUT2D eigenvalue weighted by atomic mass is 10.1. The Hall–Kier alpha value is -1.35. The highest BCUT2D eigenvalue weighted by molar-refractivity contribution is 8.13. The standard InChI is InChI=1S/C13H13NOS/c1-10(15)16-9-7-13-12-5-3-2-4-11(12)6-8-14-13/h2-6,8H,7,9H2,1H3. The topological polar surface area (TPSA) is 30.0 Å². The van der Waals surface area contributed by atoms with Crippen molar-refractivity contribution in [1.29, 1.82) is 0 Å². The van der Waals surface area contributed by atoms with Crippen LogP contribution in [0.4, 0.5) is 0 Å². The molecule has 82 valence electrons. The van der Waals surface area contributed by atoms with E-state index in [4.69, 9.17) is 0 Å². The van der Waals surface area contributed by atoms with Crippen molar-refractivity contribution in [1.82, 2.24) is 4.98 Å². The minimum absolute atomic E-state index is 0.167. The van der Waals surface area contributed by atoms with Crippen LogP contribution in [0.2, 0.25) is 0 Å². The number of rotatable bonds is 3. The van der Waals surface area contributed by atoms with Gasteiger partial charge in [-0.2, -0.15) is 0 Å². The first-order valence-electron chi connectivity index (χ1n) is 5.23. The summed E-state index contributed by atoms with van der Waals surface area (Å²) in [7, 11) is 0. The van der Waals surface area contributed by atoms with E-state index in [-0.39, 0.29) is 5.12 Å². The van der Waals surface area contributed by atoms with E-state index in [0.29, 0.717) is 0 Å². The van der Waals surface area contributed by atoms with Crippen LogP contribution < -0.4 is 0 Å². The minimum atomic E-state index is 0.167. The van der Waals surface area contributed by atoms with Crippen LogP contribution >= 0.6 is 11.8 Å². The molecule has 0 bridgehead atoms. The quantitative estimate of drug-likeness (QED) is 0.813. The number of pyridine rings is 1. The Bertz CT molecular complexity index is 505. The van der Waals surface area contributed by atoms with Gasteiger partial charge in [0.1, 0.15) is 0 Å². The number of aryl methyl sites for hydroxylation is 1. The summed E-state index contributed by atoms with van der Waals surface area (Å²) in [5.74, 6) is 0.802. The zero-order valence-electron chi connectivity index (χ0n) is 9.14. The van der Waals surface area contributed by atoms with E-state index in [1.165, 1.54) is 22.5 Å². The SMILES string of the molecule is CC(=O)SCCc1nccc2ccccc12. The van der Waals surface area contributed by atoms with Crippen molar-refractivity contribution in [2.24, 2.45) is 0 Å². The largest absolute Gasteiger partial charge is 0.288 e. The first-order valence-corrected chi connectivity index (χ1v) is 6.22. The van der Waals surface area contributed by atoms with Crippen LogP contribution in [-0.2, 0) is 11.2 Å². The van der Waals surface area contributed by atoms with Gasteiger partial charge in [-0.25, -0.2) is 0 Å². The lowest BCUT2D eigenvalue weighted by molar-refractivity contribution is -0.109. The zero-order valence-corrected chi connectivity index (χ0v) is 9.96. The summed E-state index contributed by atoms with van der Waals surface area (Å²) in [6.45, 7) is 1.60. The molecule has 0 fully saturated rings. The molecule has 0 saturated heterocycles. The second kappa shape index (κ2) is 5.12. The Labute approximate surface area is 99.1 Å². The highest BCUT2D eigenvalue weighted by Crippen LogP contribution is 2.17. The molecule has 0 atom stereocenters. The van der Waals surface area contributed by atoms with Crippen molar-refractivity contribution in [2.45, 2.75) is 13.3 Å². The maximum atomic E-state index is 10.8. The molecular weight excluding hydrogens is 218 g/mol. The van der Waals surface area contributed by atoms with Gasteiger partial charge in [0.25, 0.3) is 0 Å². The van der Waals surface area contributed by atoms with Gasteiger partial charge >= 0.3 is 0 Å². The molecule has 0 saturated carbocycles. The fourth-order valence-electron chi connectivity index (χ4n) is 1.67. The number of fused-ring (bicyclic) bond motifs is 1. The van der Waals surface area contributed by atoms with Crippen LogP contribution in [-0.4, -0.2) is 15.9 Å². The molecule has 0 aliphatic heterocycles. The van der Waals surface area contributed by atoms with Gasteiger partial charge in [-0.05, 0) is 17.9 Å². The zero-order chi connectivity index (χ0) is 11.4. The molecule has 16 heavy (non-hydrogen) atoms. The van der Waals surface area contributed by atoms with Gasteiger partial charge in [0.2, 0.25) is 0 Å². The Morgan fingerprint density at radius 2 is 2.12 bits per heavy atom. The minimum Gasteiger partial charge on any atom is -0.288 e. The maximum absolute atomic E-state index is 10.8. The van der Waals surface area contributed by atoms with E-state index < -0.39 is 0 Å². The summed E-state index contributed by atoms with van der Waals surface area (Å²) >= 11 is 1.36. The molecule has 1 heterocycles. The molecule has 0 amide bonds. The fourth-order valence-corrected chi connectivity index (χ4v) is 2.26. The summed E-state index contributed by atoms with van der Waals surface area (Å²) in [5, 5.41) is 2.56. The molecule has 3 heteroatoms. The van der Waals surface area contributed by atoms with Crippen LogP contribution in [0, 0.1) is 0 Å². The Morgan fingerprint density at radius 1 is 1.31 bits per heavy atom. The number of carbonyl (C=O) groups excluding carboxylic acids is 1. The lowest BCUT2D eigenvalue weighted by Crippen LogP contribution is -1.95. The van der Waals surface area contributed by atoms with Crippen molar-refractivity contribution in [3.05, 3.63) is 42.2 Å². The van der Waals surface area contributed by atoms with E-state index in [1.807, 2.05) is 24.4 Å². The Kier molecular flexibility index (Phi) is 3.57. The van der Waals surface area contributed by atoms with E-state index in [9.17, 15) is 4.79 Å². The number of benzene rings is 1. The molecule has 1 aromatic carbocycles. The van der Waals surface area contributed by atoms with E-state index in [1.54, 1.807) is 6.92 Å². The second-order valence-corrected chi connectivity index (χ2v) is 4.84. The van der Waals surface area contributed by atoms with Crippen molar-refractivity contribution in [3.8, 4) is 0 Å². The molecule has 0 unspecified atom stereocenters. The predicted octanol–water partition coefficient (Wildman–Crippen LogP) is 3.06. The van der Waals surface area contributed by atoms with Gasteiger partial charge in [0.15, 0.2) is 5.12 Å². The molecule has 2 nitrogen and oxygen atoms in total. The van der Waals surface area contributed by atoms with Gasteiger partial charge in [0, 0.05) is 30.0 Å². The Balaban J connectivity index is 2.20. The second-order valence-electron chi connectivity index (χ2n) is 3.57. The first kappa shape index (κ1) is 11.1. The molecule has 0 radical (unpaired) electrons. The van der Waals surface area contributed by atoms with Crippen molar-refractivity contribution in [2.75, 3.05) is 5.75 Å². The van der Waals surface area contributed by atoms with E-state index in [2.05, 4.69) is 17.1 Å². The summed E-state index contributed by atoms with van der Waals surface area (Å²) < 4.78 is 0. The van der Waals surface area contributed by atoms with Gasteiger partial charge in [-0.3, -0.25) is 9.78 Å². The van der Waals surface area contributed by atoms with E-state index in [0.717, 1.165) is 17.9 Å². The van der Waals surface area contributed by atoms with Crippen LogP contribution in [0.3, 0.4) is 0 Å². The van der Waals surface area contributed by atoms with Crippen LogP contribution in [0.25, 0.3) is 10.8 Å². The molecule has 1 aromatic heterocycles. The molecule has 0 aliphatic carbocycles. The molecule has 2 aromatic rings. The van der Waals surface area contributed by atoms with E-state index >= 15 is 0 Å². The number of carbonyl (C=O) groups is 1. The molecular formula is C13H13NOS. The molecule has 0 spiro atoms. The Morgan fingerprint density at radius 3 is 2.94 bits per heavy atom. The van der Waals surface area contributed by atoms with Crippen LogP contribution in [0.15, 0.2) is 36.5 Å². The third-order valence-electron chi connectivity index (χ3n) is 2.40. The highest BCUT2D eigenvalue weighted by Gasteiger charge is 2.02. The average molecular weight is 231 g/mol. The third kappa shape index (κ3) is 2.61. The molecule has 0 N–H and O–H groups in total. The maximum Gasteiger partial charge on any atom is 0.185 e. The normalized spacial score (nSPS) is 10.6. The summed E-state index contributed by atoms with van der Waals surface area (Å²) in [4.78, 5) is 15.2. The summed E-state index contributed by atoms with van der Waals surface area (Å²) in [5.41, 5.74) is 1.08. The first-order chi connectivity index (χ1) is 7.77. The van der Waals surface area contributed by atoms with Crippen molar-refractivity contribution in [3.63, 3.8) is 0 Å². The summed E-state index contributed by atoms with van der Waals surface area (Å²) in [6.07, 6.45) is 2.67. The van der Waals surface area contributed by atoms with Gasteiger partial charge in [-0.15, -0.1) is 0 Å². The predicted molar refractivity (Wildman–Crippen MR) is 68.6 cm³/mol. The number of hydrogen-bond acceptors (Lipinski definition) is 3. The number of aromatic nitrogens is 1. The average Bonchev–Trinajstić information content (AvgIpc) is 2.29. The number of hydrogen-bond donors (Lipinski definition) is 0. The molecule has 2 rings (SSSR count). The smallest absolute Gasteiger partial charge is 0.185 e. The monoisotopic (exact) mass is 231 g/mol. The molecule has 0 aliphatic rings. The lowest BCUT2D eigenvalue weighted by Gasteiger charge is -2.04.